The summed E-state index contributed by atoms with van der Waals surface area (Å²) in [5, 5.41) is 23.8. The molecule has 3 unspecified atom stereocenters. The molecule has 0 aliphatic heterocycles. The quantitative estimate of drug-likeness (QED) is 0.0244. The number of carbonyl (C=O) groups excluding carboxylic acids is 2. The Kier molecular flexibility index (Phi) is 50.8. The summed E-state index contributed by atoms with van der Waals surface area (Å²) >= 11 is 0. The van der Waals surface area contributed by atoms with E-state index in [4.69, 9.17) is 4.74 Å². The highest BCUT2D eigenvalue weighted by atomic mass is 16.5. The van der Waals surface area contributed by atoms with E-state index in [2.05, 4.69) is 99.0 Å². The van der Waals surface area contributed by atoms with Crippen LogP contribution in [0.4, 0.5) is 0 Å². The number of rotatable bonds is 47. The number of hydrogen-bond acceptors (Lipinski definition) is 5. The van der Waals surface area contributed by atoms with Gasteiger partial charge in [-0.15, -0.1) is 0 Å². The van der Waals surface area contributed by atoms with Crippen LogP contribution >= 0.6 is 0 Å². The lowest BCUT2D eigenvalue weighted by Crippen LogP contribution is -2.46. The second-order valence-electron chi connectivity index (χ2n) is 18.0. The van der Waals surface area contributed by atoms with Crippen molar-refractivity contribution < 1.29 is 24.5 Å². The van der Waals surface area contributed by atoms with Crippen molar-refractivity contribution in [2.45, 2.75) is 238 Å². The molecule has 0 fully saturated rings. The maximum atomic E-state index is 13.2. The molecule has 0 aromatic carbocycles. The van der Waals surface area contributed by atoms with Crippen molar-refractivity contribution in [3.63, 3.8) is 0 Å². The van der Waals surface area contributed by atoms with E-state index in [0.717, 1.165) is 96.3 Å². The number of allylic oxidation sites excluding steroid dienone is 22. The lowest BCUT2D eigenvalue weighted by atomic mass is 10.0. The molecule has 3 atom stereocenters. The molecule has 0 saturated heterocycles. The van der Waals surface area contributed by atoms with Gasteiger partial charge in [-0.3, -0.25) is 9.59 Å². The van der Waals surface area contributed by atoms with Crippen LogP contribution in [-0.2, 0) is 14.3 Å². The second kappa shape index (κ2) is 53.9. The van der Waals surface area contributed by atoms with Gasteiger partial charge in [0.15, 0.2) is 0 Å². The van der Waals surface area contributed by atoms with E-state index in [9.17, 15) is 19.8 Å². The minimum Gasteiger partial charge on any atom is -0.462 e. The molecule has 0 aliphatic carbocycles. The zero-order valence-corrected chi connectivity index (χ0v) is 43.7. The van der Waals surface area contributed by atoms with Gasteiger partial charge in [-0.25, -0.2) is 0 Å². The topological polar surface area (TPSA) is 95.9 Å². The summed E-state index contributed by atoms with van der Waals surface area (Å²) < 4.78 is 5.89. The Morgan fingerprint density at radius 2 is 0.882 bits per heavy atom. The van der Waals surface area contributed by atoms with Gasteiger partial charge in [0.05, 0.1) is 25.2 Å². The predicted molar refractivity (Wildman–Crippen MR) is 296 cm³/mol. The summed E-state index contributed by atoms with van der Waals surface area (Å²) in [5.74, 6) is -0.599. The zero-order chi connectivity index (χ0) is 49.5. The van der Waals surface area contributed by atoms with E-state index in [1.807, 2.05) is 60.8 Å². The standard InChI is InChI=1S/C62H101NO5/c1-4-7-10-13-16-19-22-25-28-29-30-31-34-37-40-43-46-49-52-55-62(67)68-58(53-50-47-44-41-38-35-32-26-23-20-17-14-11-8-5-2)56-61(66)63-59(57-64)60(65)54-51-48-45-42-39-36-33-27-24-21-18-15-12-9-6-3/h7-8,10-11,14,16-17,19-20,23,25-26,28,30-32,35,37-38,40-41,44,58-60,64-65H,4-6,9,12-13,15,18,21-22,24,27,29,33-34,36,39,42-43,45-57H2,1-3H3,(H,63,66)/b10-7-,11-8-,17-14+,19-16-,23-20+,28-25-,31-30-,32-26-,38-35+,40-37-,44-41+. The van der Waals surface area contributed by atoms with Gasteiger partial charge in [-0.1, -0.05) is 257 Å². The Morgan fingerprint density at radius 3 is 1.38 bits per heavy atom. The van der Waals surface area contributed by atoms with Gasteiger partial charge in [0.2, 0.25) is 5.91 Å². The molecule has 68 heavy (non-hydrogen) atoms. The van der Waals surface area contributed by atoms with E-state index in [-0.39, 0.29) is 24.9 Å². The molecule has 6 nitrogen and oxygen atoms in total. The normalized spacial score (nSPS) is 14.2. The van der Waals surface area contributed by atoms with E-state index in [1.54, 1.807) is 0 Å². The van der Waals surface area contributed by atoms with Crippen molar-refractivity contribution in [2.75, 3.05) is 6.61 Å². The Morgan fingerprint density at radius 1 is 0.456 bits per heavy atom. The monoisotopic (exact) mass is 940 g/mol. The summed E-state index contributed by atoms with van der Waals surface area (Å²) in [7, 11) is 0. The minimum absolute atomic E-state index is 0.00397. The highest BCUT2D eigenvalue weighted by molar-refractivity contribution is 5.77. The number of nitrogens with one attached hydrogen (secondary N) is 1. The largest absolute Gasteiger partial charge is 0.462 e. The number of carbonyl (C=O) groups is 2. The fraction of sp³-hybridized carbons (Fsp3) is 0.613. The molecule has 3 N–H and O–H groups in total. The van der Waals surface area contributed by atoms with Gasteiger partial charge in [-0.2, -0.15) is 0 Å². The molecule has 0 spiro atoms. The average molecular weight is 940 g/mol. The number of ether oxygens (including phenoxy) is 1. The Labute approximate surface area is 418 Å². The van der Waals surface area contributed by atoms with Gasteiger partial charge in [0.25, 0.3) is 0 Å². The SMILES string of the molecule is CC\C=C/C=C/C=C/C=C\C=C\C=C\CCCC(CC(=O)NC(CO)C(O)CCCCCCCCCCCCCCCCC)OC(=O)CCCCC/C=C\C/C=C\C/C=C\C/C=C\C/C=C\CC. The molecular weight excluding hydrogens is 839 g/mol. The third kappa shape index (κ3) is 48.5. The molecule has 0 aromatic heterocycles. The summed E-state index contributed by atoms with van der Waals surface area (Å²) in [6.07, 6.45) is 76.6. The Bertz CT molecular complexity index is 1470. The van der Waals surface area contributed by atoms with Crippen molar-refractivity contribution in [1.29, 1.82) is 0 Å². The van der Waals surface area contributed by atoms with Crippen LogP contribution < -0.4 is 5.32 Å². The van der Waals surface area contributed by atoms with Crippen molar-refractivity contribution in [3.05, 3.63) is 134 Å². The van der Waals surface area contributed by atoms with E-state index in [1.165, 1.54) is 77.0 Å². The fourth-order valence-electron chi connectivity index (χ4n) is 7.55. The number of unbranched alkanes of at least 4 members (excludes halogenated alkanes) is 18. The van der Waals surface area contributed by atoms with Gasteiger partial charge in [-0.05, 0) is 83.5 Å². The molecule has 0 saturated carbocycles. The average Bonchev–Trinajstić information content (AvgIpc) is 3.33. The lowest BCUT2D eigenvalue weighted by Gasteiger charge is -2.24. The van der Waals surface area contributed by atoms with Crippen LogP contribution in [0, 0.1) is 0 Å². The lowest BCUT2D eigenvalue weighted by molar-refractivity contribution is -0.151. The molecule has 1 amide bonds. The summed E-state index contributed by atoms with van der Waals surface area (Å²) in [6, 6.07) is -0.743. The maximum Gasteiger partial charge on any atom is 0.306 e. The molecule has 0 aliphatic rings. The first-order valence-electron chi connectivity index (χ1n) is 27.5. The molecule has 6 heteroatoms. The molecule has 0 rings (SSSR count). The van der Waals surface area contributed by atoms with Crippen molar-refractivity contribution in [3.8, 4) is 0 Å². The Hall–Kier alpha value is -4.00. The van der Waals surface area contributed by atoms with E-state index in [0.29, 0.717) is 19.3 Å². The van der Waals surface area contributed by atoms with Gasteiger partial charge in [0.1, 0.15) is 6.10 Å². The van der Waals surface area contributed by atoms with Crippen LogP contribution in [0.5, 0.6) is 0 Å². The van der Waals surface area contributed by atoms with Crippen molar-refractivity contribution in [2.24, 2.45) is 0 Å². The first-order valence-corrected chi connectivity index (χ1v) is 27.5. The fourth-order valence-corrected chi connectivity index (χ4v) is 7.55. The number of amides is 1. The van der Waals surface area contributed by atoms with Crippen LogP contribution in [0.15, 0.2) is 134 Å². The van der Waals surface area contributed by atoms with Crippen LogP contribution in [-0.4, -0.2) is 46.9 Å². The number of hydrogen-bond donors (Lipinski definition) is 3. The van der Waals surface area contributed by atoms with Crippen LogP contribution in [0.1, 0.15) is 220 Å². The van der Waals surface area contributed by atoms with Crippen molar-refractivity contribution in [1.82, 2.24) is 5.32 Å². The molecule has 384 valence electrons. The summed E-state index contributed by atoms with van der Waals surface area (Å²) in [4.78, 5) is 26.2. The van der Waals surface area contributed by atoms with Crippen molar-refractivity contribution >= 4 is 11.9 Å². The van der Waals surface area contributed by atoms with Gasteiger partial charge < -0.3 is 20.3 Å². The molecule has 0 aromatic rings. The third-order valence-corrected chi connectivity index (χ3v) is 11.6. The summed E-state index contributed by atoms with van der Waals surface area (Å²) in [5.41, 5.74) is 0. The van der Waals surface area contributed by atoms with Gasteiger partial charge in [0, 0.05) is 6.42 Å². The zero-order valence-electron chi connectivity index (χ0n) is 43.7. The van der Waals surface area contributed by atoms with E-state index < -0.39 is 18.2 Å². The highest BCUT2D eigenvalue weighted by Crippen LogP contribution is 2.17. The smallest absolute Gasteiger partial charge is 0.306 e. The first kappa shape index (κ1) is 64.0. The van der Waals surface area contributed by atoms with Crippen LogP contribution in [0.3, 0.4) is 0 Å². The Balaban J connectivity index is 4.77. The second-order valence-corrected chi connectivity index (χ2v) is 18.0. The van der Waals surface area contributed by atoms with Gasteiger partial charge >= 0.3 is 5.97 Å². The highest BCUT2D eigenvalue weighted by Gasteiger charge is 2.24. The minimum atomic E-state index is -0.824. The molecular formula is C62H101NO5. The van der Waals surface area contributed by atoms with Crippen LogP contribution in [0.2, 0.25) is 0 Å². The van der Waals surface area contributed by atoms with E-state index >= 15 is 0 Å². The molecule has 0 radical (unpaired) electrons. The first-order chi connectivity index (χ1) is 33.5. The predicted octanol–water partition coefficient (Wildman–Crippen LogP) is 17.0. The number of aliphatic hydroxyl groups excluding tert-OH is 2. The molecule has 0 heterocycles. The molecule has 0 bridgehead atoms. The number of esters is 1. The third-order valence-electron chi connectivity index (χ3n) is 11.6. The maximum absolute atomic E-state index is 13.2. The van der Waals surface area contributed by atoms with Crippen LogP contribution in [0.25, 0.3) is 0 Å². The number of aliphatic hydroxyl groups is 2. The summed E-state index contributed by atoms with van der Waals surface area (Å²) in [6.45, 7) is 6.19.